The van der Waals surface area contributed by atoms with Gasteiger partial charge < -0.3 is 45.4 Å². The third kappa shape index (κ3) is 11.5. The molecule has 2 rings (SSSR count). The Kier molecular flexibility index (Phi) is 16.7. The van der Waals surface area contributed by atoms with E-state index in [1.807, 2.05) is 19.9 Å². The zero-order valence-electron chi connectivity index (χ0n) is 32.9. The second-order valence-electron chi connectivity index (χ2n) is 15.1. The number of amides is 4. The van der Waals surface area contributed by atoms with Crippen molar-refractivity contribution in [3.63, 3.8) is 0 Å². The van der Waals surface area contributed by atoms with Gasteiger partial charge in [-0.05, 0) is 59.1 Å². The van der Waals surface area contributed by atoms with E-state index in [1.54, 1.807) is 64.0 Å². The molecule has 294 valence electrons. The van der Waals surface area contributed by atoms with E-state index >= 15 is 0 Å². The number of methoxy groups -OCH3 is 2. The number of likely N-dealkylation sites (N-methyl/N-ethyl adjacent to an activating group) is 2. The summed E-state index contributed by atoms with van der Waals surface area (Å²) in [6.07, 6.45) is 0.471. The fourth-order valence-electron chi connectivity index (χ4n) is 6.83. The van der Waals surface area contributed by atoms with E-state index in [0.29, 0.717) is 25.8 Å². The quantitative estimate of drug-likeness (QED) is 0.133. The summed E-state index contributed by atoms with van der Waals surface area (Å²) in [5, 5.41) is 29.2. The minimum atomic E-state index is -1.61. The number of hydrogen-bond acceptors (Lipinski definition) is 9. The number of carboxylic acid groups (broad SMARTS) is 1. The molecule has 1 fully saturated rings. The van der Waals surface area contributed by atoms with Crippen molar-refractivity contribution in [2.24, 2.45) is 11.8 Å². The molecule has 1 aromatic rings. The first-order valence-corrected chi connectivity index (χ1v) is 18.2. The topological polar surface area (TPSA) is 187 Å². The fourth-order valence-corrected chi connectivity index (χ4v) is 6.83. The van der Waals surface area contributed by atoms with Crippen molar-refractivity contribution >= 4 is 29.6 Å². The van der Waals surface area contributed by atoms with Crippen LogP contribution >= 0.6 is 0 Å². The van der Waals surface area contributed by atoms with Gasteiger partial charge in [-0.15, -0.1) is 0 Å². The Labute approximate surface area is 309 Å². The molecule has 5 N–H and O–H groups in total. The number of nitrogens with zero attached hydrogens (tertiary/aromatic N) is 2. The summed E-state index contributed by atoms with van der Waals surface area (Å²) in [4.78, 5) is 69.9. The smallest absolute Gasteiger partial charge is 0.326 e. The zero-order chi connectivity index (χ0) is 39.6. The van der Waals surface area contributed by atoms with E-state index in [9.17, 15) is 34.2 Å². The highest BCUT2D eigenvalue weighted by molar-refractivity contribution is 5.92. The number of rotatable bonds is 20. The summed E-state index contributed by atoms with van der Waals surface area (Å²) in [6, 6.07) is 5.54. The second-order valence-corrected chi connectivity index (χ2v) is 15.1. The molecule has 0 bridgehead atoms. The first kappa shape index (κ1) is 44.6. The van der Waals surface area contributed by atoms with Crippen LogP contribution in [0.2, 0.25) is 0 Å². The second kappa shape index (κ2) is 19.5. The van der Waals surface area contributed by atoms with Crippen LogP contribution in [0.4, 0.5) is 0 Å². The van der Waals surface area contributed by atoms with Gasteiger partial charge in [-0.1, -0.05) is 57.5 Å². The van der Waals surface area contributed by atoms with Crippen molar-refractivity contribution in [2.75, 3.05) is 34.9 Å². The number of nitrogens with one attached hydrogen (secondary N) is 3. The van der Waals surface area contributed by atoms with E-state index in [4.69, 9.17) is 9.47 Å². The number of ether oxygens (including phenoxy) is 2. The van der Waals surface area contributed by atoms with Gasteiger partial charge in [-0.2, -0.15) is 0 Å². The number of aliphatic carboxylic acids is 1. The summed E-state index contributed by atoms with van der Waals surface area (Å²) in [6.45, 7) is 12.3. The van der Waals surface area contributed by atoms with E-state index in [0.717, 1.165) is 5.56 Å². The van der Waals surface area contributed by atoms with Gasteiger partial charge in [0.05, 0.1) is 47.8 Å². The minimum Gasteiger partial charge on any atom is -0.480 e. The third-order valence-corrected chi connectivity index (χ3v) is 10.6. The number of hydrogen-bond donors (Lipinski definition) is 5. The number of benzene rings is 1. The molecular weight excluding hydrogens is 670 g/mol. The van der Waals surface area contributed by atoms with Crippen molar-refractivity contribution < 1.29 is 43.7 Å². The van der Waals surface area contributed by atoms with Crippen LogP contribution in [0.5, 0.6) is 0 Å². The van der Waals surface area contributed by atoms with Crippen LogP contribution in [0.15, 0.2) is 30.3 Å². The average Bonchev–Trinajstić information content (AvgIpc) is 3.59. The Morgan fingerprint density at radius 1 is 1.02 bits per heavy atom. The monoisotopic (exact) mass is 733 g/mol. The Morgan fingerprint density at radius 2 is 1.63 bits per heavy atom. The lowest BCUT2D eigenvalue weighted by molar-refractivity contribution is -0.151. The molecule has 0 aromatic heterocycles. The first-order chi connectivity index (χ1) is 24.2. The van der Waals surface area contributed by atoms with Crippen LogP contribution < -0.4 is 16.0 Å². The van der Waals surface area contributed by atoms with Crippen LogP contribution in [-0.2, 0) is 39.9 Å². The summed E-state index contributed by atoms with van der Waals surface area (Å²) >= 11 is 0. The molecule has 8 atom stereocenters. The third-order valence-electron chi connectivity index (χ3n) is 10.6. The summed E-state index contributed by atoms with van der Waals surface area (Å²) in [5.74, 6) is -3.80. The van der Waals surface area contributed by atoms with E-state index in [-0.39, 0.29) is 24.7 Å². The predicted molar refractivity (Wildman–Crippen MR) is 197 cm³/mol. The highest BCUT2D eigenvalue weighted by Gasteiger charge is 2.45. The maximum atomic E-state index is 14.1. The van der Waals surface area contributed by atoms with Crippen molar-refractivity contribution in [3.05, 3.63) is 35.9 Å². The summed E-state index contributed by atoms with van der Waals surface area (Å²) in [7, 11) is 6.17. The minimum absolute atomic E-state index is 0.0822. The van der Waals surface area contributed by atoms with E-state index in [1.165, 1.54) is 33.0 Å². The predicted octanol–water partition coefficient (Wildman–Crippen LogP) is 1.97. The highest BCUT2D eigenvalue weighted by Crippen LogP contribution is 2.30. The van der Waals surface area contributed by atoms with Gasteiger partial charge in [0.25, 0.3) is 0 Å². The number of likely N-dealkylation sites (tertiary alicyclic amines) is 1. The Hall–Kier alpha value is -3.59. The molecule has 1 aliphatic heterocycles. The van der Waals surface area contributed by atoms with Gasteiger partial charge >= 0.3 is 5.97 Å². The molecule has 0 aliphatic carbocycles. The maximum Gasteiger partial charge on any atom is 0.326 e. The van der Waals surface area contributed by atoms with Gasteiger partial charge in [0.2, 0.25) is 23.6 Å². The Bertz CT molecular complexity index is 1350. The zero-order valence-corrected chi connectivity index (χ0v) is 32.9. The largest absolute Gasteiger partial charge is 0.480 e. The molecule has 1 heterocycles. The van der Waals surface area contributed by atoms with E-state index in [2.05, 4.69) is 16.0 Å². The molecule has 1 saturated heterocycles. The number of carboxylic acids is 1. The van der Waals surface area contributed by atoms with Gasteiger partial charge in [0.1, 0.15) is 12.1 Å². The SMILES string of the molecule is CC[C@H](C)[C@@H]([C@@H](CC(=O)N1CCC[C@H]1[C@H](OC)[C@@H](C)C(=O)N[C@@H](Cc1ccccc1)C(=O)O)OC)N(C)C(=O)[C@@H](NC(=O)C(C)(C)NC)C(C)(C)O. The molecule has 1 aromatic carbocycles. The lowest BCUT2D eigenvalue weighted by atomic mass is 9.88. The molecule has 0 saturated carbocycles. The lowest BCUT2D eigenvalue weighted by Gasteiger charge is -2.42. The first-order valence-electron chi connectivity index (χ1n) is 18.2. The maximum absolute atomic E-state index is 14.1. The standard InChI is InChI=1S/C38H63N5O9/c1-12-23(2)30(42(9)34(46)32(38(6,7)50)41-36(49)37(4,5)39-8)28(51-10)22-29(44)43-20-16-19-27(43)31(52-11)24(3)33(45)40-26(35(47)48)21-25-17-14-13-15-18-25/h13-15,17-18,23-24,26-28,30-32,39,50H,12,16,19-22H2,1-11H3,(H,40,45)(H,41,49)(H,47,48)/t23-,24+,26-,27-,28+,30-,31+,32+/m0/s1. The number of aliphatic hydroxyl groups is 1. The van der Waals surface area contributed by atoms with Crippen LogP contribution in [-0.4, -0.2) is 132 Å². The molecule has 14 heteroatoms. The normalized spacial score (nSPS) is 19.1. The highest BCUT2D eigenvalue weighted by atomic mass is 16.5. The van der Waals surface area contributed by atoms with Crippen LogP contribution in [0.3, 0.4) is 0 Å². The van der Waals surface area contributed by atoms with Gasteiger partial charge in [-0.3, -0.25) is 19.2 Å². The molecule has 0 unspecified atom stereocenters. The Morgan fingerprint density at radius 3 is 2.13 bits per heavy atom. The summed E-state index contributed by atoms with van der Waals surface area (Å²) in [5.41, 5.74) is -1.85. The van der Waals surface area contributed by atoms with E-state index < -0.39 is 77.1 Å². The molecule has 1 aliphatic rings. The molecule has 0 radical (unpaired) electrons. The molecule has 0 spiro atoms. The lowest BCUT2D eigenvalue weighted by Crippen LogP contribution is -2.65. The van der Waals surface area contributed by atoms with Crippen molar-refractivity contribution in [2.45, 2.75) is 128 Å². The van der Waals surface area contributed by atoms with Gasteiger partial charge in [-0.25, -0.2) is 4.79 Å². The van der Waals surface area contributed by atoms with Crippen LogP contribution in [0, 0.1) is 11.8 Å². The number of carbonyl (C=O) groups excluding carboxylic acids is 4. The average molecular weight is 734 g/mol. The van der Waals surface area contributed by atoms with Gasteiger partial charge in [0, 0.05) is 34.2 Å². The van der Waals surface area contributed by atoms with Crippen molar-refractivity contribution in [1.29, 1.82) is 0 Å². The molecule has 52 heavy (non-hydrogen) atoms. The van der Waals surface area contributed by atoms with Crippen molar-refractivity contribution in [1.82, 2.24) is 25.8 Å². The summed E-state index contributed by atoms with van der Waals surface area (Å²) < 4.78 is 11.8. The van der Waals surface area contributed by atoms with Gasteiger partial charge in [0.15, 0.2) is 0 Å². The van der Waals surface area contributed by atoms with Crippen LogP contribution in [0.25, 0.3) is 0 Å². The van der Waals surface area contributed by atoms with Crippen molar-refractivity contribution in [3.8, 4) is 0 Å². The number of carbonyl (C=O) groups is 5. The van der Waals surface area contributed by atoms with Crippen LogP contribution in [0.1, 0.15) is 79.7 Å². The molecule has 14 nitrogen and oxygen atoms in total. The fraction of sp³-hybridized carbons (Fsp3) is 0.711. The molecule has 4 amide bonds. The Balaban J connectivity index is 2.29. The molecular formula is C38H63N5O9.